The third kappa shape index (κ3) is 5.99. The van der Waals surface area contributed by atoms with Crippen molar-refractivity contribution in [2.45, 2.75) is 22.5 Å². The van der Waals surface area contributed by atoms with E-state index in [1.807, 2.05) is 0 Å². The Balaban J connectivity index is 1.46. The number of nitrogens with one attached hydrogen (secondary N) is 3. The molecule has 2 aromatic rings. The van der Waals surface area contributed by atoms with Crippen LogP contribution in [0.25, 0.3) is 0 Å². The van der Waals surface area contributed by atoms with Crippen molar-refractivity contribution in [2.24, 2.45) is 0 Å². The molecule has 4 N–H and O–H groups in total. The molecule has 1 fully saturated rings. The number of β-lactam (4-membered cyclic amide) rings is 1. The number of halogens is 1. The van der Waals surface area contributed by atoms with Crippen LogP contribution in [0.2, 0.25) is 5.15 Å². The van der Waals surface area contributed by atoms with Crippen molar-refractivity contribution in [3.05, 3.63) is 56.2 Å². The van der Waals surface area contributed by atoms with E-state index in [1.54, 1.807) is 17.5 Å². The highest BCUT2D eigenvalue weighted by Gasteiger charge is 2.54. The molecule has 2 aromatic heterocycles. The Morgan fingerprint density at radius 2 is 2.18 bits per heavy atom. The third-order valence-corrected chi connectivity index (χ3v) is 8.98. The zero-order chi connectivity index (χ0) is 27.4. The summed E-state index contributed by atoms with van der Waals surface area (Å²) in [4.78, 5) is 52.5. The van der Waals surface area contributed by atoms with Crippen molar-refractivity contribution < 1.29 is 33.9 Å². The summed E-state index contributed by atoms with van der Waals surface area (Å²) in [6.07, 6.45) is 0. The monoisotopic (exact) mass is 600 g/mol. The molecule has 4 rings (SSSR count). The van der Waals surface area contributed by atoms with Gasteiger partial charge in [0.05, 0.1) is 0 Å². The van der Waals surface area contributed by atoms with Crippen LogP contribution >= 0.6 is 46.5 Å². The minimum absolute atomic E-state index is 0.0252. The smallest absolute Gasteiger partial charge is 0.352 e. The minimum Gasteiger partial charge on any atom is -0.593 e. The topological polar surface area (TPSA) is 177 Å². The van der Waals surface area contributed by atoms with Crippen LogP contribution in [0.5, 0.6) is 0 Å². The zero-order valence-corrected chi connectivity index (χ0v) is 22.8. The van der Waals surface area contributed by atoms with Gasteiger partial charge in [-0.2, -0.15) is 0 Å². The van der Waals surface area contributed by atoms with E-state index in [0.717, 1.165) is 16.7 Å². The van der Waals surface area contributed by atoms with Crippen LogP contribution in [0, 0.1) is 5.21 Å². The zero-order valence-electron chi connectivity index (χ0n) is 19.6. The van der Waals surface area contributed by atoms with Crippen LogP contribution in [0.1, 0.15) is 10.9 Å². The SMILES string of the molecule is COCNC(=O)NC(C(=O)N[C@H]1C(=O)N2C(C(=O)O)=C(CSc3ccc(Cl)n[n+]3[O-])CSC12)c1cccs1. The summed E-state index contributed by atoms with van der Waals surface area (Å²) in [6.45, 7) is -0.0618. The van der Waals surface area contributed by atoms with Gasteiger partial charge in [-0.15, -0.1) is 23.1 Å². The van der Waals surface area contributed by atoms with Gasteiger partial charge in [-0.1, -0.05) is 17.7 Å². The molecule has 0 saturated carbocycles. The summed E-state index contributed by atoms with van der Waals surface area (Å²) in [5, 5.41) is 34.4. The number of nitrogens with zero attached hydrogens (tertiary/aromatic N) is 3. The predicted octanol–water partition coefficient (Wildman–Crippen LogP) is 0.905. The molecule has 202 valence electrons. The van der Waals surface area contributed by atoms with E-state index in [9.17, 15) is 29.5 Å². The van der Waals surface area contributed by atoms with Crippen LogP contribution in [-0.2, 0) is 19.1 Å². The number of hydrogen-bond donors (Lipinski definition) is 4. The molecule has 0 aromatic carbocycles. The molecule has 3 atom stereocenters. The Labute approximate surface area is 233 Å². The number of aliphatic carboxylic acids is 1. The molecule has 0 bridgehead atoms. The van der Waals surface area contributed by atoms with E-state index in [1.165, 1.54) is 42.3 Å². The predicted molar refractivity (Wildman–Crippen MR) is 139 cm³/mol. The largest absolute Gasteiger partial charge is 0.593 e. The molecule has 2 aliphatic rings. The number of ether oxygens (including phenoxy) is 1. The van der Waals surface area contributed by atoms with Gasteiger partial charge in [0.15, 0.2) is 5.15 Å². The number of carbonyl (C=O) groups is 4. The number of hydrogen-bond acceptors (Lipinski definition) is 10. The van der Waals surface area contributed by atoms with Gasteiger partial charge in [-0.25, -0.2) is 9.59 Å². The Morgan fingerprint density at radius 1 is 1.39 bits per heavy atom. The average Bonchev–Trinajstić information content (AvgIpc) is 3.42. The number of thiophene rings is 1. The normalized spacial score (nSPS) is 19.3. The number of thioether (sulfide) groups is 2. The number of fused-ring (bicyclic) bond motifs is 1. The molecule has 38 heavy (non-hydrogen) atoms. The average molecular weight is 601 g/mol. The summed E-state index contributed by atoms with van der Waals surface area (Å²) >= 11 is 9.31. The number of carbonyl (C=O) groups excluding carboxylic acids is 3. The van der Waals surface area contributed by atoms with Gasteiger partial charge in [0, 0.05) is 34.7 Å². The Hall–Kier alpha value is -3.05. The maximum Gasteiger partial charge on any atom is 0.352 e. The first-order valence-electron chi connectivity index (χ1n) is 10.9. The molecule has 13 nitrogen and oxygen atoms in total. The van der Waals surface area contributed by atoms with Crippen molar-refractivity contribution >= 4 is 70.3 Å². The van der Waals surface area contributed by atoms with Crippen LogP contribution in [0.15, 0.2) is 45.9 Å². The summed E-state index contributed by atoms with van der Waals surface area (Å²) < 4.78 is 4.80. The van der Waals surface area contributed by atoms with Gasteiger partial charge < -0.3 is 31.0 Å². The number of aromatic nitrogens is 2. The second kappa shape index (κ2) is 12.2. The Kier molecular flexibility index (Phi) is 8.99. The standard InChI is InChI=1S/C21H21ClN6O7S3/c1-35-9-23-21(33)25-14(11-3-2-6-36-11)17(29)24-15-18(30)27-16(20(31)32)10(8-38-19(15)27)7-37-13-5-4-12(22)26-28(13)34/h2-6,14-15,19H,7-9H2,1H3,(H,24,29)(H,31,32)(H2,23,25,33)/t14?,15-,19?/m0/s1. The maximum atomic E-state index is 13.1. The van der Waals surface area contributed by atoms with Crippen molar-refractivity contribution in [2.75, 3.05) is 25.3 Å². The van der Waals surface area contributed by atoms with Crippen molar-refractivity contribution in [1.29, 1.82) is 0 Å². The highest BCUT2D eigenvalue weighted by Crippen LogP contribution is 2.41. The van der Waals surface area contributed by atoms with E-state index < -0.39 is 41.3 Å². The molecule has 4 amide bonds. The number of carboxylic acids is 1. The van der Waals surface area contributed by atoms with Crippen LogP contribution in [0.3, 0.4) is 0 Å². The van der Waals surface area contributed by atoms with E-state index >= 15 is 0 Å². The maximum absolute atomic E-state index is 13.1. The molecule has 2 unspecified atom stereocenters. The quantitative estimate of drug-likeness (QED) is 0.101. The molecule has 0 radical (unpaired) electrons. The summed E-state index contributed by atoms with van der Waals surface area (Å²) in [5.74, 6) is -2.09. The van der Waals surface area contributed by atoms with Gasteiger partial charge in [0.25, 0.3) is 10.9 Å². The van der Waals surface area contributed by atoms with E-state index in [-0.39, 0.29) is 34.1 Å². The summed E-state index contributed by atoms with van der Waals surface area (Å²) in [7, 11) is 1.40. The number of rotatable bonds is 10. The van der Waals surface area contributed by atoms with Gasteiger partial charge in [0.2, 0.25) is 5.91 Å². The Bertz CT molecular complexity index is 1280. The van der Waals surface area contributed by atoms with Crippen molar-refractivity contribution in [1.82, 2.24) is 25.9 Å². The lowest BCUT2D eigenvalue weighted by Gasteiger charge is -2.49. The van der Waals surface area contributed by atoms with Gasteiger partial charge in [-0.05, 0) is 39.7 Å². The fraction of sp³-hybridized carbons (Fsp3) is 0.333. The van der Waals surface area contributed by atoms with Gasteiger partial charge in [-0.3, -0.25) is 14.5 Å². The number of urea groups is 1. The molecule has 17 heteroatoms. The molecule has 1 saturated heterocycles. The molecular weight excluding hydrogens is 580 g/mol. The highest BCUT2D eigenvalue weighted by molar-refractivity contribution is 8.01. The number of carboxylic acid groups (broad SMARTS) is 1. The van der Waals surface area contributed by atoms with Crippen molar-refractivity contribution in [3.63, 3.8) is 0 Å². The van der Waals surface area contributed by atoms with Crippen LogP contribution in [0.4, 0.5) is 4.79 Å². The van der Waals surface area contributed by atoms with Crippen LogP contribution < -0.4 is 20.8 Å². The second-order valence-corrected chi connectivity index (χ2v) is 11.3. The first kappa shape index (κ1) is 28.0. The lowest BCUT2D eigenvalue weighted by molar-refractivity contribution is -0.706. The molecule has 2 aliphatic heterocycles. The first-order valence-corrected chi connectivity index (χ1v) is 14.2. The van der Waals surface area contributed by atoms with Crippen LogP contribution in [-0.4, -0.2) is 75.7 Å². The fourth-order valence-electron chi connectivity index (χ4n) is 3.71. The molecule has 0 aliphatic carbocycles. The summed E-state index contributed by atoms with van der Waals surface area (Å²) in [5.41, 5.74) is 0.271. The molecular formula is C21H21ClN6O7S3. The Morgan fingerprint density at radius 3 is 2.84 bits per heavy atom. The van der Waals surface area contributed by atoms with Gasteiger partial charge >= 0.3 is 12.0 Å². The van der Waals surface area contributed by atoms with Crippen molar-refractivity contribution in [3.8, 4) is 0 Å². The highest BCUT2D eigenvalue weighted by atomic mass is 35.5. The summed E-state index contributed by atoms with van der Waals surface area (Å²) in [6, 6.07) is 3.63. The molecule has 4 heterocycles. The second-order valence-electron chi connectivity index (χ2n) is 7.84. The number of amides is 4. The van der Waals surface area contributed by atoms with Gasteiger partial charge in [0.1, 0.15) is 29.9 Å². The fourth-order valence-corrected chi connectivity index (χ4v) is 6.97. The number of methoxy groups -OCH3 is 1. The third-order valence-electron chi connectivity index (χ3n) is 5.42. The lowest BCUT2D eigenvalue weighted by atomic mass is 10.0. The lowest BCUT2D eigenvalue weighted by Crippen LogP contribution is -2.71. The van der Waals surface area contributed by atoms with E-state index in [4.69, 9.17) is 16.3 Å². The first-order chi connectivity index (χ1) is 18.2. The van der Waals surface area contributed by atoms with E-state index in [2.05, 4.69) is 21.0 Å². The van der Waals surface area contributed by atoms with E-state index in [0.29, 0.717) is 15.3 Å². The molecule has 0 spiro atoms. The minimum atomic E-state index is -1.29.